The van der Waals surface area contributed by atoms with Gasteiger partial charge in [0.15, 0.2) is 0 Å². The molecule has 0 aromatic carbocycles. The number of nitrogens with one attached hydrogen (secondary N) is 1. The quantitative estimate of drug-likeness (QED) is 0.739. The summed E-state index contributed by atoms with van der Waals surface area (Å²) < 4.78 is 0. The Labute approximate surface area is 103 Å². The third-order valence-corrected chi connectivity index (χ3v) is 3.50. The molecule has 2 heterocycles. The Morgan fingerprint density at radius 2 is 2.28 bits per heavy atom. The maximum Gasteiger partial charge on any atom is 0.374 e. The standard InChI is InChI=1S/C12H14N4O2/c13-7-2-1-6(5-7)9-8-3-4-14-10(8)16-11(15-9)12(17)18/h3-4,6-7H,1-2,5,13H2,(H,17,18)(H,14,15,16). The number of aromatic nitrogens is 3. The van der Waals surface area contributed by atoms with Gasteiger partial charge in [0, 0.05) is 23.5 Å². The molecule has 1 aliphatic rings. The molecule has 0 radical (unpaired) electrons. The number of aromatic carboxylic acids is 1. The lowest BCUT2D eigenvalue weighted by atomic mass is 10.0. The van der Waals surface area contributed by atoms with Gasteiger partial charge in [0.1, 0.15) is 5.65 Å². The Morgan fingerprint density at radius 3 is 2.94 bits per heavy atom. The first-order valence-corrected chi connectivity index (χ1v) is 5.99. The normalized spacial score (nSPS) is 23.6. The molecule has 2 aromatic rings. The van der Waals surface area contributed by atoms with Crippen molar-refractivity contribution in [2.75, 3.05) is 0 Å². The fourth-order valence-corrected chi connectivity index (χ4v) is 2.64. The largest absolute Gasteiger partial charge is 0.475 e. The number of carboxylic acid groups (broad SMARTS) is 1. The Balaban J connectivity index is 2.13. The van der Waals surface area contributed by atoms with Crippen molar-refractivity contribution in [3.05, 3.63) is 23.8 Å². The van der Waals surface area contributed by atoms with Crippen molar-refractivity contribution < 1.29 is 9.90 Å². The first-order valence-electron chi connectivity index (χ1n) is 5.99. The maximum atomic E-state index is 11.0. The van der Waals surface area contributed by atoms with Crippen molar-refractivity contribution in [2.24, 2.45) is 5.73 Å². The number of carbonyl (C=O) groups is 1. The summed E-state index contributed by atoms with van der Waals surface area (Å²) in [6.45, 7) is 0. The summed E-state index contributed by atoms with van der Waals surface area (Å²) in [5.41, 5.74) is 7.31. The van der Waals surface area contributed by atoms with Crippen LogP contribution in [0.4, 0.5) is 0 Å². The molecule has 18 heavy (non-hydrogen) atoms. The monoisotopic (exact) mass is 246 g/mol. The topological polar surface area (TPSA) is 105 Å². The van der Waals surface area contributed by atoms with Crippen LogP contribution in [0.25, 0.3) is 11.0 Å². The number of rotatable bonds is 2. The number of carboxylic acids is 1. The van der Waals surface area contributed by atoms with E-state index in [1.54, 1.807) is 6.20 Å². The summed E-state index contributed by atoms with van der Waals surface area (Å²) in [6.07, 6.45) is 4.53. The lowest BCUT2D eigenvalue weighted by molar-refractivity contribution is 0.0683. The number of nitrogens with two attached hydrogens (primary N) is 1. The van der Waals surface area contributed by atoms with Crippen LogP contribution in [-0.2, 0) is 0 Å². The summed E-state index contributed by atoms with van der Waals surface area (Å²) in [5.74, 6) is -1.02. The van der Waals surface area contributed by atoms with E-state index in [0.717, 1.165) is 30.3 Å². The Kier molecular flexibility index (Phi) is 2.52. The van der Waals surface area contributed by atoms with Crippen LogP contribution in [0, 0.1) is 0 Å². The summed E-state index contributed by atoms with van der Waals surface area (Å²) in [6, 6.07) is 2.08. The van der Waals surface area contributed by atoms with Crippen molar-refractivity contribution in [2.45, 2.75) is 31.2 Å². The second kappa shape index (κ2) is 4.06. The molecule has 0 bridgehead atoms. The molecular formula is C12H14N4O2. The molecule has 2 unspecified atom stereocenters. The van der Waals surface area contributed by atoms with E-state index in [1.165, 1.54) is 0 Å². The Bertz CT molecular complexity index is 607. The first kappa shape index (κ1) is 11.2. The highest BCUT2D eigenvalue weighted by molar-refractivity contribution is 5.87. The number of aromatic amines is 1. The zero-order valence-corrected chi connectivity index (χ0v) is 9.76. The van der Waals surface area contributed by atoms with Crippen LogP contribution in [0.1, 0.15) is 41.5 Å². The maximum absolute atomic E-state index is 11.0. The van der Waals surface area contributed by atoms with Gasteiger partial charge >= 0.3 is 5.97 Å². The second-order valence-corrected chi connectivity index (χ2v) is 4.75. The first-order chi connectivity index (χ1) is 8.65. The van der Waals surface area contributed by atoms with Gasteiger partial charge < -0.3 is 15.8 Å². The van der Waals surface area contributed by atoms with Gasteiger partial charge in [-0.05, 0) is 25.3 Å². The molecule has 0 aliphatic heterocycles. The molecule has 0 spiro atoms. The van der Waals surface area contributed by atoms with E-state index in [2.05, 4.69) is 15.0 Å². The molecule has 94 valence electrons. The minimum Gasteiger partial charge on any atom is -0.475 e. The molecule has 6 heteroatoms. The fourth-order valence-electron chi connectivity index (χ4n) is 2.64. The molecule has 1 saturated carbocycles. The lowest BCUT2D eigenvalue weighted by Gasteiger charge is -2.10. The Hall–Kier alpha value is -1.95. The highest BCUT2D eigenvalue weighted by Crippen LogP contribution is 2.35. The molecule has 6 nitrogen and oxygen atoms in total. The fraction of sp³-hybridized carbons (Fsp3) is 0.417. The zero-order chi connectivity index (χ0) is 12.7. The van der Waals surface area contributed by atoms with Gasteiger partial charge in [-0.2, -0.15) is 0 Å². The third kappa shape index (κ3) is 1.74. The van der Waals surface area contributed by atoms with Crippen LogP contribution in [0.3, 0.4) is 0 Å². The number of nitrogens with zero attached hydrogens (tertiary/aromatic N) is 2. The third-order valence-electron chi connectivity index (χ3n) is 3.50. The molecule has 4 N–H and O–H groups in total. The van der Waals surface area contributed by atoms with Crippen LogP contribution in [0.5, 0.6) is 0 Å². The predicted molar refractivity (Wildman–Crippen MR) is 65.4 cm³/mol. The van der Waals surface area contributed by atoms with E-state index in [9.17, 15) is 4.79 Å². The van der Waals surface area contributed by atoms with Gasteiger partial charge in [0.2, 0.25) is 5.82 Å². The number of hydrogen-bond acceptors (Lipinski definition) is 4. The number of H-pyrrole nitrogens is 1. The predicted octanol–water partition coefficient (Wildman–Crippen LogP) is 1.25. The molecule has 0 saturated heterocycles. The average Bonchev–Trinajstić information content (AvgIpc) is 2.95. The van der Waals surface area contributed by atoms with Gasteiger partial charge in [-0.1, -0.05) is 0 Å². The molecule has 1 aliphatic carbocycles. The summed E-state index contributed by atoms with van der Waals surface area (Å²) in [7, 11) is 0. The molecule has 1 fully saturated rings. The summed E-state index contributed by atoms with van der Waals surface area (Å²) >= 11 is 0. The van der Waals surface area contributed by atoms with Gasteiger partial charge in [0.05, 0.1) is 5.69 Å². The second-order valence-electron chi connectivity index (χ2n) is 4.75. The van der Waals surface area contributed by atoms with Crippen molar-refractivity contribution in [3.63, 3.8) is 0 Å². The van der Waals surface area contributed by atoms with Gasteiger partial charge in [-0.15, -0.1) is 0 Å². The van der Waals surface area contributed by atoms with Crippen LogP contribution in [0.15, 0.2) is 12.3 Å². The molecule has 0 amide bonds. The average molecular weight is 246 g/mol. The van der Waals surface area contributed by atoms with Crippen LogP contribution in [-0.4, -0.2) is 32.1 Å². The molecule has 3 rings (SSSR count). The van der Waals surface area contributed by atoms with E-state index in [4.69, 9.17) is 10.8 Å². The zero-order valence-electron chi connectivity index (χ0n) is 9.76. The van der Waals surface area contributed by atoms with Gasteiger partial charge in [0.25, 0.3) is 0 Å². The Morgan fingerprint density at radius 1 is 1.44 bits per heavy atom. The summed E-state index contributed by atoms with van der Waals surface area (Å²) in [5, 5.41) is 9.94. The van der Waals surface area contributed by atoms with E-state index in [-0.39, 0.29) is 17.8 Å². The van der Waals surface area contributed by atoms with E-state index in [1.807, 2.05) is 6.07 Å². The summed E-state index contributed by atoms with van der Waals surface area (Å²) in [4.78, 5) is 22.2. The van der Waals surface area contributed by atoms with Gasteiger partial charge in [-0.3, -0.25) is 0 Å². The highest BCUT2D eigenvalue weighted by Gasteiger charge is 2.27. The van der Waals surface area contributed by atoms with E-state index < -0.39 is 5.97 Å². The molecular weight excluding hydrogens is 232 g/mol. The van der Waals surface area contributed by atoms with Gasteiger partial charge in [-0.25, -0.2) is 14.8 Å². The highest BCUT2D eigenvalue weighted by atomic mass is 16.4. The lowest BCUT2D eigenvalue weighted by Crippen LogP contribution is -2.15. The van der Waals surface area contributed by atoms with Crippen molar-refractivity contribution >= 4 is 17.0 Å². The minimum atomic E-state index is -1.10. The van der Waals surface area contributed by atoms with Crippen LogP contribution >= 0.6 is 0 Å². The minimum absolute atomic E-state index is 0.152. The smallest absolute Gasteiger partial charge is 0.374 e. The van der Waals surface area contributed by atoms with Crippen molar-refractivity contribution in [1.82, 2.24) is 15.0 Å². The van der Waals surface area contributed by atoms with Crippen LogP contribution in [0.2, 0.25) is 0 Å². The van der Waals surface area contributed by atoms with Crippen LogP contribution < -0.4 is 5.73 Å². The molecule has 2 atom stereocenters. The number of hydrogen-bond donors (Lipinski definition) is 3. The van der Waals surface area contributed by atoms with Crippen molar-refractivity contribution in [1.29, 1.82) is 0 Å². The SMILES string of the molecule is NC1CCC(c2nc(C(=O)O)nc3[nH]ccc23)C1. The van der Waals surface area contributed by atoms with E-state index >= 15 is 0 Å². The van der Waals surface area contributed by atoms with E-state index in [0.29, 0.717) is 5.65 Å². The number of fused-ring (bicyclic) bond motifs is 1. The molecule has 2 aromatic heterocycles. The van der Waals surface area contributed by atoms with Crippen molar-refractivity contribution in [3.8, 4) is 0 Å².